The molecule has 86 valence electrons. The van der Waals surface area contributed by atoms with Crippen LogP contribution < -0.4 is 5.32 Å². The van der Waals surface area contributed by atoms with Crippen LogP contribution in [-0.2, 0) is 9.47 Å². The number of hydrogen-bond acceptors (Lipinski definition) is 3. The van der Waals surface area contributed by atoms with Crippen molar-refractivity contribution in [2.45, 2.75) is 31.7 Å². The van der Waals surface area contributed by atoms with E-state index in [1.807, 2.05) is 0 Å². The number of halogens is 1. The highest BCUT2D eigenvalue weighted by Crippen LogP contribution is 2.09. The Kier molecular flexibility index (Phi) is 9.83. The molecule has 0 aromatic heterocycles. The van der Waals surface area contributed by atoms with Crippen LogP contribution in [0.5, 0.6) is 0 Å². The van der Waals surface area contributed by atoms with Crippen LogP contribution in [0.2, 0.25) is 0 Å². The van der Waals surface area contributed by atoms with Gasteiger partial charge in [-0.2, -0.15) is 0 Å². The Hall–Kier alpha value is 0.170. The average molecular weight is 224 g/mol. The first-order valence-corrected chi connectivity index (χ1v) is 5.23. The molecule has 0 aromatic carbocycles. The second-order valence-electron chi connectivity index (χ2n) is 3.54. The molecule has 0 saturated carbocycles. The predicted molar refractivity (Wildman–Crippen MR) is 60.2 cm³/mol. The van der Waals surface area contributed by atoms with E-state index in [9.17, 15) is 0 Å². The standard InChI is InChI=1S/C10H21NO2.ClH/c1-12-8-9-13-7-5-10-4-2-3-6-11-10;/h10-11H,2-9H2,1H3;1H. The molecule has 1 fully saturated rings. The normalized spacial score (nSPS) is 21.6. The van der Waals surface area contributed by atoms with E-state index in [0.717, 1.165) is 19.6 Å². The molecule has 1 rings (SSSR count). The lowest BCUT2D eigenvalue weighted by atomic mass is 10.0. The Morgan fingerprint density at radius 3 is 2.71 bits per heavy atom. The van der Waals surface area contributed by atoms with Gasteiger partial charge in [0.05, 0.1) is 13.2 Å². The summed E-state index contributed by atoms with van der Waals surface area (Å²) in [6.07, 6.45) is 5.16. The van der Waals surface area contributed by atoms with Crippen LogP contribution in [0.25, 0.3) is 0 Å². The first-order valence-electron chi connectivity index (χ1n) is 5.23. The van der Waals surface area contributed by atoms with Gasteiger partial charge >= 0.3 is 0 Å². The molecular formula is C10H22ClNO2. The van der Waals surface area contributed by atoms with Gasteiger partial charge in [-0.1, -0.05) is 6.42 Å². The van der Waals surface area contributed by atoms with Gasteiger partial charge in [-0.15, -0.1) is 12.4 Å². The Morgan fingerprint density at radius 1 is 1.21 bits per heavy atom. The highest BCUT2D eigenvalue weighted by molar-refractivity contribution is 5.85. The maximum Gasteiger partial charge on any atom is 0.0700 e. The molecule has 0 radical (unpaired) electrons. The van der Waals surface area contributed by atoms with Crippen molar-refractivity contribution in [3.63, 3.8) is 0 Å². The largest absolute Gasteiger partial charge is 0.382 e. The minimum absolute atomic E-state index is 0. The Labute approximate surface area is 92.9 Å². The average Bonchev–Trinajstić information content (AvgIpc) is 2.19. The van der Waals surface area contributed by atoms with Gasteiger partial charge in [0.1, 0.15) is 0 Å². The Balaban J connectivity index is 0.00000169. The Bertz CT molecular complexity index is 119. The van der Waals surface area contributed by atoms with E-state index in [1.54, 1.807) is 7.11 Å². The molecule has 0 aliphatic carbocycles. The molecule has 1 N–H and O–H groups in total. The zero-order valence-electron chi connectivity index (χ0n) is 8.96. The monoisotopic (exact) mass is 223 g/mol. The van der Waals surface area contributed by atoms with Gasteiger partial charge in [-0.3, -0.25) is 0 Å². The summed E-state index contributed by atoms with van der Waals surface area (Å²) < 4.78 is 10.3. The van der Waals surface area contributed by atoms with Gasteiger partial charge < -0.3 is 14.8 Å². The van der Waals surface area contributed by atoms with E-state index < -0.39 is 0 Å². The number of methoxy groups -OCH3 is 1. The summed E-state index contributed by atoms with van der Waals surface area (Å²) in [4.78, 5) is 0. The molecule has 1 heterocycles. The molecule has 14 heavy (non-hydrogen) atoms. The highest BCUT2D eigenvalue weighted by atomic mass is 35.5. The van der Waals surface area contributed by atoms with Crippen molar-refractivity contribution in [1.29, 1.82) is 0 Å². The zero-order chi connectivity index (χ0) is 9.36. The predicted octanol–water partition coefficient (Wildman–Crippen LogP) is 1.60. The van der Waals surface area contributed by atoms with E-state index >= 15 is 0 Å². The first-order chi connectivity index (χ1) is 6.43. The van der Waals surface area contributed by atoms with Crippen molar-refractivity contribution in [3.8, 4) is 0 Å². The number of ether oxygens (including phenoxy) is 2. The van der Waals surface area contributed by atoms with E-state index in [1.165, 1.54) is 25.8 Å². The molecular weight excluding hydrogens is 202 g/mol. The van der Waals surface area contributed by atoms with E-state index in [2.05, 4.69) is 5.32 Å². The van der Waals surface area contributed by atoms with Gasteiger partial charge in [0.2, 0.25) is 0 Å². The number of nitrogens with one attached hydrogen (secondary N) is 1. The molecule has 0 amide bonds. The summed E-state index contributed by atoms with van der Waals surface area (Å²) in [6.45, 7) is 3.48. The lowest BCUT2D eigenvalue weighted by molar-refractivity contribution is 0.0646. The van der Waals surface area contributed by atoms with Crippen LogP contribution in [0.15, 0.2) is 0 Å². The smallest absolute Gasteiger partial charge is 0.0700 e. The lowest BCUT2D eigenvalue weighted by Crippen LogP contribution is -2.34. The second kappa shape index (κ2) is 9.71. The summed E-state index contributed by atoms with van der Waals surface area (Å²) in [6, 6.07) is 0.691. The summed E-state index contributed by atoms with van der Waals surface area (Å²) in [5, 5.41) is 3.50. The van der Waals surface area contributed by atoms with Gasteiger partial charge in [0.15, 0.2) is 0 Å². The van der Waals surface area contributed by atoms with E-state index in [-0.39, 0.29) is 12.4 Å². The van der Waals surface area contributed by atoms with Crippen molar-refractivity contribution in [3.05, 3.63) is 0 Å². The third kappa shape index (κ3) is 6.60. The quantitative estimate of drug-likeness (QED) is 0.694. The van der Waals surface area contributed by atoms with Crippen molar-refractivity contribution in [2.24, 2.45) is 0 Å². The van der Waals surface area contributed by atoms with Crippen molar-refractivity contribution < 1.29 is 9.47 Å². The maximum atomic E-state index is 5.41. The Morgan fingerprint density at radius 2 is 2.07 bits per heavy atom. The fraction of sp³-hybridized carbons (Fsp3) is 1.00. The topological polar surface area (TPSA) is 30.5 Å². The van der Waals surface area contributed by atoms with Crippen molar-refractivity contribution >= 4 is 12.4 Å². The summed E-state index contributed by atoms with van der Waals surface area (Å²) in [5.74, 6) is 0. The van der Waals surface area contributed by atoms with Crippen LogP contribution in [0.3, 0.4) is 0 Å². The lowest BCUT2D eigenvalue weighted by Gasteiger charge is -2.23. The minimum atomic E-state index is 0. The van der Waals surface area contributed by atoms with Gasteiger partial charge in [-0.25, -0.2) is 0 Å². The molecule has 1 aliphatic heterocycles. The summed E-state index contributed by atoms with van der Waals surface area (Å²) in [7, 11) is 1.70. The minimum Gasteiger partial charge on any atom is -0.382 e. The first kappa shape index (κ1) is 14.2. The third-order valence-corrected chi connectivity index (χ3v) is 2.45. The second-order valence-corrected chi connectivity index (χ2v) is 3.54. The van der Waals surface area contributed by atoms with Gasteiger partial charge in [-0.05, 0) is 25.8 Å². The van der Waals surface area contributed by atoms with Crippen LogP contribution in [0.1, 0.15) is 25.7 Å². The number of piperidine rings is 1. The molecule has 1 unspecified atom stereocenters. The summed E-state index contributed by atoms with van der Waals surface area (Å²) in [5.41, 5.74) is 0. The fourth-order valence-electron chi connectivity index (χ4n) is 1.64. The van der Waals surface area contributed by atoms with Gasteiger partial charge in [0, 0.05) is 19.8 Å². The van der Waals surface area contributed by atoms with Crippen LogP contribution in [0, 0.1) is 0 Å². The molecule has 3 nitrogen and oxygen atoms in total. The van der Waals surface area contributed by atoms with Crippen molar-refractivity contribution in [2.75, 3.05) is 33.5 Å². The van der Waals surface area contributed by atoms with E-state index in [0.29, 0.717) is 12.6 Å². The molecule has 4 heteroatoms. The van der Waals surface area contributed by atoms with Crippen LogP contribution >= 0.6 is 12.4 Å². The molecule has 1 atom stereocenters. The number of hydrogen-bond donors (Lipinski definition) is 1. The van der Waals surface area contributed by atoms with Crippen molar-refractivity contribution in [1.82, 2.24) is 5.32 Å². The molecule has 1 saturated heterocycles. The molecule has 0 spiro atoms. The molecule has 0 bridgehead atoms. The highest BCUT2D eigenvalue weighted by Gasteiger charge is 2.11. The fourth-order valence-corrected chi connectivity index (χ4v) is 1.64. The van der Waals surface area contributed by atoms with Crippen LogP contribution in [0.4, 0.5) is 0 Å². The molecule has 1 aliphatic rings. The third-order valence-electron chi connectivity index (χ3n) is 2.45. The number of rotatable bonds is 6. The maximum absolute atomic E-state index is 5.41. The SMILES string of the molecule is COCCOCCC1CCCCN1.Cl. The summed E-state index contributed by atoms with van der Waals surface area (Å²) >= 11 is 0. The van der Waals surface area contributed by atoms with Crippen LogP contribution in [-0.4, -0.2) is 39.5 Å². The van der Waals surface area contributed by atoms with E-state index in [4.69, 9.17) is 9.47 Å². The molecule has 0 aromatic rings. The zero-order valence-corrected chi connectivity index (χ0v) is 9.78. The van der Waals surface area contributed by atoms with Gasteiger partial charge in [0.25, 0.3) is 0 Å².